The lowest BCUT2D eigenvalue weighted by Gasteiger charge is -2.18. The van der Waals surface area contributed by atoms with E-state index < -0.39 is 29.8 Å². The van der Waals surface area contributed by atoms with Crippen molar-refractivity contribution < 1.29 is 33.9 Å². The largest absolute Gasteiger partial charge is 0.480 e. The van der Waals surface area contributed by atoms with E-state index in [1.807, 2.05) is 11.8 Å². The molecule has 3 aliphatic rings. The van der Waals surface area contributed by atoms with Crippen molar-refractivity contribution in [3.63, 3.8) is 0 Å². The lowest BCUT2D eigenvalue weighted by molar-refractivity contribution is -0.197. The summed E-state index contributed by atoms with van der Waals surface area (Å²) in [4.78, 5) is 62.3. The Bertz CT molecular complexity index is 733. The highest BCUT2D eigenvalue weighted by atomic mass is 32.2. The van der Waals surface area contributed by atoms with Gasteiger partial charge in [-0.05, 0) is 32.2 Å². The molecule has 3 saturated heterocycles. The van der Waals surface area contributed by atoms with E-state index in [0.29, 0.717) is 42.5 Å². The zero-order valence-electron chi connectivity index (χ0n) is 17.8. The Hall–Kier alpha value is -2.34. The molecule has 4 N–H and O–H groups in total. The summed E-state index contributed by atoms with van der Waals surface area (Å²) in [6, 6.07) is -0.469. The van der Waals surface area contributed by atoms with E-state index in [0.717, 1.165) is 18.6 Å². The molecule has 0 bridgehead atoms. The second kappa shape index (κ2) is 11.5. The normalized spacial score (nSPS) is 25.4. The second-order valence-electron chi connectivity index (χ2n) is 8.25. The molecule has 3 fully saturated rings. The fourth-order valence-corrected chi connectivity index (χ4v) is 5.68. The van der Waals surface area contributed by atoms with Crippen molar-refractivity contribution in [3.05, 3.63) is 0 Å². The third kappa shape index (κ3) is 6.58. The maximum atomic E-state index is 11.7. The van der Waals surface area contributed by atoms with Gasteiger partial charge in [-0.2, -0.15) is 11.8 Å². The SMILES string of the molecule is O=C1N[C@H]2[C@H](CS[C@H]2CCCC(NCCCCCC(=O)ON2C(=O)CCC2=O)C(=O)O)N1. The van der Waals surface area contributed by atoms with E-state index in [1.54, 1.807) is 0 Å². The number of nitrogens with one attached hydrogen (secondary N) is 3. The average molecular weight is 471 g/mol. The van der Waals surface area contributed by atoms with Crippen molar-refractivity contribution in [2.24, 2.45) is 0 Å². The number of carbonyl (C=O) groups excluding carboxylic acids is 4. The number of hydrogen-bond donors (Lipinski definition) is 4. The molecule has 4 amide bonds. The van der Waals surface area contributed by atoms with Crippen LogP contribution in [0, 0.1) is 0 Å². The summed E-state index contributed by atoms with van der Waals surface area (Å²) in [5.41, 5.74) is 0. The van der Waals surface area contributed by atoms with Crippen molar-refractivity contribution in [2.75, 3.05) is 12.3 Å². The summed E-state index contributed by atoms with van der Waals surface area (Å²) < 4.78 is 0. The van der Waals surface area contributed by atoms with Crippen molar-refractivity contribution >= 4 is 41.5 Å². The van der Waals surface area contributed by atoms with Crippen LogP contribution in [0.5, 0.6) is 0 Å². The number of aliphatic carboxylic acids is 1. The average Bonchev–Trinajstić information content (AvgIpc) is 3.39. The summed E-state index contributed by atoms with van der Waals surface area (Å²) in [6.07, 6.45) is 4.23. The van der Waals surface area contributed by atoms with Gasteiger partial charge in [-0.15, -0.1) is 5.06 Å². The minimum atomic E-state index is -0.888. The van der Waals surface area contributed by atoms with Crippen LogP contribution in [0.15, 0.2) is 0 Å². The van der Waals surface area contributed by atoms with Crippen molar-refractivity contribution in [1.82, 2.24) is 21.0 Å². The number of urea groups is 1. The first-order valence-corrected chi connectivity index (χ1v) is 12.1. The summed E-state index contributed by atoms with van der Waals surface area (Å²) >= 11 is 1.81. The molecule has 0 aromatic carbocycles. The first-order valence-electron chi connectivity index (χ1n) is 11.1. The van der Waals surface area contributed by atoms with Crippen LogP contribution in [-0.4, -0.2) is 75.6 Å². The quantitative estimate of drug-likeness (QED) is 0.171. The van der Waals surface area contributed by atoms with E-state index in [4.69, 9.17) is 4.84 Å². The minimum Gasteiger partial charge on any atom is -0.480 e. The number of thioether (sulfide) groups is 1. The van der Waals surface area contributed by atoms with E-state index in [9.17, 15) is 29.1 Å². The van der Waals surface area contributed by atoms with Crippen LogP contribution in [0.3, 0.4) is 0 Å². The molecular formula is C20H30N4O7S. The molecule has 0 radical (unpaired) electrons. The van der Waals surface area contributed by atoms with Gasteiger partial charge >= 0.3 is 18.0 Å². The number of unbranched alkanes of at least 4 members (excludes halogenated alkanes) is 2. The Morgan fingerprint density at radius 3 is 2.59 bits per heavy atom. The van der Waals surface area contributed by atoms with Gasteiger partial charge in [0.25, 0.3) is 11.8 Å². The van der Waals surface area contributed by atoms with Gasteiger partial charge < -0.3 is 25.9 Å². The predicted molar refractivity (Wildman–Crippen MR) is 114 cm³/mol. The first kappa shape index (κ1) is 24.3. The number of carbonyl (C=O) groups is 5. The van der Waals surface area contributed by atoms with Crippen LogP contribution in [0.25, 0.3) is 0 Å². The Morgan fingerprint density at radius 2 is 1.88 bits per heavy atom. The van der Waals surface area contributed by atoms with E-state index in [2.05, 4.69) is 16.0 Å². The molecule has 3 rings (SSSR count). The highest BCUT2D eigenvalue weighted by Gasteiger charge is 2.42. The Labute approximate surface area is 190 Å². The minimum absolute atomic E-state index is 0.0664. The molecule has 0 saturated carbocycles. The molecule has 0 spiro atoms. The molecule has 32 heavy (non-hydrogen) atoms. The number of carboxylic acid groups (broad SMARTS) is 1. The standard InChI is InChI=1S/C20H30N4O7S/c25-15-8-9-16(26)24(15)31-17(27)7-2-1-3-10-21-12(19(28)29)5-4-6-14-18-13(11-32-14)22-20(30)23-18/h12-14,18,21H,1-11H2,(H,28,29)(H2,22,23,30)/t12?,13-,14-,18-/m0/s1. The number of rotatable bonds is 13. The van der Waals surface area contributed by atoms with E-state index in [1.165, 1.54) is 0 Å². The Morgan fingerprint density at radius 1 is 1.12 bits per heavy atom. The van der Waals surface area contributed by atoms with Crippen LogP contribution >= 0.6 is 11.8 Å². The topological polar surface area (TPSA) is 154 Å². The lowest BCUT2D eigenvalue weighted by Crippen LogP contribution is -2.38. The maximum Gasteiger partial charge on any atom is 0.333 e. The second-order valence-corrected chi connectivity index (χ2v) is 9.53. The zero-order chi connectivity index (χ0) is 23.1. The van der Waals surface area contributed by atoms with Gasteiger partial charge in [0, 0.05) is 30.3 Å². The van der Waals surface area contributed by atoms with Gasteiger partial charge in [0.1, 0.15) is 6.04 Å². The number of hydrogen-bond acceptors (Lipinski definition) is 8. The van der Waals surface area contributed by atoms with Gasteiger partial charge in [-0.3, -0.25) is 14.4 Å². The summed E-state index contributed by atoms with van der Waals surface area (Å²) in [5, 5.41) is 19.2. The molecule has 3 heterocycles. The number of nitrogens with zero attached hydrogens (tertiary/aromatic N) is 1. The molecule has 178 valence electrons. The third-order valence-electron chi connectivity index (χ3n) is 5.86. The zero-order valence-corrected chi connectivity index (χ0v) is 18.7. The van der Waals surface area contributed by atoms with Crippen LogP contribution < -0.4 is 16.0 Å². The Kier molecular flexibility index (Phi) is 8.74. The van der Waals surface area contributed by atoms with Gasteiger partial charge in [0.2, 0.25) is 0 Å². The van der Waals surface area contributed by atoms with Crippen LogP contribution in [0.2, 0.25) is 0 Å². The van der Waals surface area contributed by atoms with Gasteiger partial charge in [0.15, 0.2) is 0 Å². The number of carboxylic acids is 1. The molecule has 11 nitrogen and oxygen atoms in total. The fraction of sp³-hybridized carbons (Fsp3) is 0.750. The summed E-state index contributed by atoms with van der Waals surface area (Å²) in [5.74, 6) is -1.62. The number of hydroxylamine groups is 2. The van der Waals surface area contributed by atoms with Crippen molar-refractivity contribution in [3.8, 4) is 0 Å². The smallest absolute Gasteiger partial charge is 0.333 e. The van der Waals surface area contributed by atoms with Gasteiger partial charge in [-0.1, -0.05) is 12.8 Å². The molecule has 12 heteroatoms. The molecular weight excluding hydrogens is 440 g/mol. The van der Waals surface area contributed by atoms with Crippen molar-refractivity contribution in [2.45, 2.75) is 81.2 Å². The first-order chi connectivity index (χ1) is 15.3. The summed E-state index contributed by atoms with van der Waals surface area (Å²) in [6.45, 7) is 0.512. The van der Waals surface area contributed by atoms with E-state index >= 15 is 0 Å². The molecule has 1 unspecified atom stereocenters. The van der Waals surface area contributed by atoms with Gasteiger partial charge in [-0.25, -0.2) is 9.59 Å². The van der Waals surface area contributed by atoms with Gasteiger partial charge in [0.05, 0.1) is 12.1 Å². The number of imide groups is 1. The lowest BCUT2D eigenvalue weighted by atomic mass is 10.0. The fourth-order valence-electron chi connectivity index (χ4n) is 4.13. The van der Waals surface area contributed by atoms with Crippen LogP contribution in [0.4, 0.5) is 4.79 Å². The molecule has 3 aliphatic heterocycles. The monoisotopic (exact) mass is 470 g/mol. The highest BCUT2D eigenvalue weighted by molar-refractivity contribution is 8.00. The third-order valence-corrected chi connectivity index (χ3v) is 7.37. The number of fused-ring (bicyclic) bond motifs is 1. The molecule has 4 atom stereocenters. The molecule has 0 aliphatic carbocycles. The molecule has 0 aromatic heterocycles. The van der Waals surface area contributed by atoms with Crippen molar-refractivity contribution in [1.29, 1.82) is 0 Å². The Balaban J connectivity index is 1.24. The highest BCUT2D eigenvalue weighted by Crippen LogP contribution is 2.33. The van der Waals surface area contributed by atoms with Crippen LogP contribution in [-0.2, 0) is 24.0 Å². The maximum absolute atomic E-state index is 11.7. The number of amides is 4. The van der Waals surface area contributed by atoms with E-state index in [-0.39, 0.29) is 37.4 Å². The predicted octanol–water partition coefficient (Wildman–Crippen LogP) is 0.533. The molecule has 0 aromatic rings. The van der Waals surface area contributed by atoms with Crippen LogP contribution in [0.1, 0.15) is 57.8 Å². The summed E-state index contributed by atoms with van der Waals surface area (Å²) in [7, 11) is 0.